The number of hydrogen-bond acceptors (Lipinski definition) is 5. The van der Waals surface area contributed by atoms with Gasteiger partial charge < -0.3 is 10.1 Å². The minimum Gasteiger partial charge on any atom is -0.379 e. The van der Waals surface area contributed by atoms with E-state index in [4.69, 9.17) is 16.3 Å². The molecule has 2 rings (SSSR count). The molecule has 1 aromatic heterocycles. The molecule has 0 bridgehead atoms. The number of nitrogens with one attached hydrogen (secondary N) is 1. The second-order valence-corrected chi connectivity index (χ2v) is 5.24. The number of carbonyl (C=O) groups excluding carboxylic acids is 1. The van der Waals surface area contributed by atoms with Crippen molar-refractivity contribution in [3.05, 3.63) is 9.47 Å². The van der Waals surface area contributed by atoms with Gasteiger partial charge in [-0.15, -0.1) is 10.2 Å². The molecule has 1 N–H and O–H groups in total. The van der Waals surface area contributed by atoms with Gasteiger partial charge in [0.2, 0.25) is 9.47 Å². The molecule has 0 aliphatic carbocycles. The lowest BCUT2D eigenvalue weighted by Gasteiger charge is -2.22. The van der Waals surface area contributed by atoms with Crippen LogP contribution in [0.3, 0.4) is 0 Å². The molecule has 1 aromatic rings. The first-order valence-electron chi connectivity index (χ1n) is 4.48. The zero-order valence-corrected chi connectivity index (χ0v) is 9.69. The zero-order valence-electron chi connectivity index (χ0n) is 8.12. The van der Waals surface area contributed by atoms with Crippen molar-refractivity contribution in [1.29, 1.82) is 0 Å². The fourth-order valence-electron chi connectivity index (χ4n) is 1.39. The molecule has 82 valence electrons. The first-order chi connectivity index (χ1) is 7.09. The third-order valence-corrected chi connectivity index (χ3v) is 3.25. The normalized spacial score (nSPS) is 25.5. The van der Waals surface area contributed by atoms with Gasteiger partial charge in [-0.25, -0.2) is 0 Å². The van der Waals surface area contributed by atoms with Crippen molar-refractivity contribution >= 4 is 28.8 Å². The van der Waals surface area contributed by atoms with Gasteiger partial charge in [0.15, 0.2) is 0 Å². The van der Waals surface area contributed by atoms with E-state index in [0.717, 1.165) is 17.8 Å². The standard InChI is InChI=1S/C8H10ClN3O2S/c1-8(2-3-14-4-8)10-5(13)6-11-12-7(9)15-6/h2-4H2,1H3,(H,10,13). The van der Waals surface area contributed by atoms with Gasteiger partial charge in [0.1, 0.15) is 0 Å². The largest absolute Gasteiger partial charge is 0.379 e. The summed E-state index contributed by atoms with van der Waals surface area (Å²) in [5, 5.41) is 10.4. The molecule has 1 aliphatic rings. The van der Waals surface area contributed by atoms with E-state index in [-0.39, 0.29) is 20.9 Å². The van der Waals surface area contributed by atoms with Crippen molar-refractivity contribution in [2.75, 3.05) is 13.2 Å². The van der Waals surface area contributed by atoms with E-state index in [1.54, 1.807) is 0 Å². The van der Waals surface area contributed by atoms with E-state index in [1.807, 2.05) is 6.92 Å². The summed E-state index contributed by atoms with van der Waals surface area (Å²) in [5.41, 5.74) is -0.296. The van der Waals surface area contributed by atoms with Crippen LogP contribution >= 0.6 is 22.9 Å². The van der Waals surface area contributed by atoms with E-state index >= 15 is 0 Å². The zero-order chi connectivity index (χ0) is 10.9. The van der Waals surface area contributed by atoms with Gasteiger partial charge >= 0.3 is 0 Å². The van der Waals surface area contributed by atoms with Gasteiger partial charge in [0, 0.05) is 6.61 Å². The van der Waals surface area contributed by atoms with Crippen LogP contribution in [-0.4, -0.2) is 34.9 Å². The summed E-state index contributed by atoms with van der Waals surface area (Å²) < 4.78 is 5.50. The highest BCUT2D eigenvalue weighted by molar-refractivity contribution is 7.17. The molecule has 1 aliphatic heterocycles. The Balaban J connectivity index is 2.03. The maximum Gasteiger partial charge on any atom is 0.282 e. The third-order valence-electron chi connectivity index (χ3n) is 2.23. The number of hydrogen-bond donors (Lipinski definition) is 1. The SMILES string of the molecule is CC1(NC(=O)c2nnc(Cl)s2)CCOC1. The highest BCUT2D eigenvalue weighted by Gasteiger charge is 2.32. The summed E-state index contributed by atoms with van der Waals surface area (Å²) in [6.45, 7) is 3.15. The molecule has 7 heteroatoms. The fourth-order valence-corrected chi connectivity index (χ4v) is 2.11. The molecule has 0 aromatic carbocycles. The number of aromatic nitrogens is 2. The van der Waals surface area contributed by atoms with Crippen molar-refractivity contribution in [2.45, 2.75) is 18.9 Å². The Morgan fingerprint density at radius 2 is 2.47 bits per heavy atom. The maximum atomic E-state index is 11.7. The molecule has 15 heavy (non-hydrogen) atoms. The van der Waals surface area contributed by atoms with Gasteiger partial charge in [0.05, 0.1) is 12.1 Å². The summed E-state index contributed by atoms with van der Waals surface area (Å²) >= 11 is 6.66. The summed E-state index contributed by atoms with van der Waals surface area (Å²) in [7, 11) is 0. The smallest absolute Gasteiger partial charge is 0.282 e. The van der Waals surface area contributed by atoms with Crippen molar-refractivity contribution in [1.82, 2.24) is 15.5 Å². The molecular formula is C8H10ClN3O2S. The number of nitrogens with zero attached hydrogens (tertiary/aromatic N) is 2. The lowest BCUT2D eigenvalue weighted by molar-refractivity contribution is 0.0889. The topological polar surface area (TPSA) is 64.1 Å². The summed E-state index contributed by atoms with van der Waals surface area (Å²) in [6, 6.07) is 0. The van der Waals surface area contributed by atoms with Crippen LogP contribution in [0.5, 0.6) is 0 Å². The van der Waals surface area contributed by atoms with Crippen LogP contribution in [0, 0.1) is 0 Å². The molecule has 1 unspecified atom stereocenters. The Kier molecular flexibility index (Phi) is 2.90. The van der Waals surface area contributed by atoms with Crippen molar-refractivity contribution in [3.8, 4) is 0 Å². The number of carbonyl (C=O) groups is 1. The van der Waals surface area contributed by atoms with Gasteiger partial charge in [-0.2, -0.15) is 0 Å². The fraction of sp³-hybridized carbons (Fsp3) is 0.625. The first kappa shape index (κ1) is 10.8. The molecule has 5 nitrogen and oxygen atoms in total. The minimum atomic E-state index is -0.296. The van der Waals surface area contributed by atoms with E-state index in [0.29, 0.717) is 13.2 Å². The van der Waals surface area contributed by atoms with Crippen LogP contribution in [-0.2, 0) is 4.74 Å². The van der Waals surface area contributed by atoms with Crippen LogP contribution in [0.4, 0.5) is 0 Å². The van der Waals surface area contributed by atoms with Gasteiger partial charge in [-0.1, -0.05) is 11.3 Å². The average molecular weight is 248 g/mol. The van der Waals surface area contributed by atoms with Crippen molar-refractivity contribution < 1.29 is 9.53 Å². The number of amides is 1. The number of halogens is 1. The molecule has 0 saturated carbocycles. The van der Waals surface area contributed by atoms with Crippen LogP contribution in [0.2, 0.25) is 4.47 Å². The Morgan fingerprint density at radius 3 is 3.00 bits per heavy atom. The molecule has 1 amide bonds. The van der Waals surface area contributed by atoms with Gasteiger partial charge in [0.25, 0.3) is 5.91 Å². The minimum absolute atomic E-state index is 0.243. The second-order valence-electron chi connectivity index (χ2n) is 3.68. The molecule has 1 saturated heterocycles. The number of ether oxygens (including phenoxy) is 1. The molecular weight excluding hydrogens is 238 g/mol. The molecule has 1 atom stereocenters. The van der Waals surface area contributed by atoms with Crippen LogP contribution in [0.1, 0.15) is 23.1 Å². The Hall–Kier alpha value is -0.720. The monoisotopic (exact) mass is 247 g/mol. The predicted octanol–water partition coefficient (Wildman–Crippen LogP) is 1.10. The summed E-state index contributed by atoms with van der Waals surface area (Å²) in [6.07, 6.45) is 0.811. The third kappa shape index (κ3) is 2.45. The van der Waals surface area contributed by atoms with E-state index in [9.17, 15) is 4.79 Å². The highest BCUT2D eigenvalue weighted by atomic mass is 35.5. The average Bonchev–Trinajstić information content (AvgIpc) is 2.75. The lowest BCUT2D eigenvalue weighted by Crippen LogP contribution is -2.46. The molecule has 0 radical (unpaired) electrons. The maximum absolute atomic E-state index is 11.7. The quantitative estimate of drug-likeness (QED) is 0.850. The molecule has 1 fully saturated rings. The van der Waals surface area contributed by atoms with Gasteiger partial charge in [-0.3, -0.25) is 4.79 Å². The van der Waals surface area contributed by atoms with Crippen LogP contribution in [0.15, 0.2) is 0 Å². The summed E-state index contributed by atoms with van der Waals surface area (Å²) in [5.74, 6) is -0.243. The van der Waals surface area contributed by atoms with Crippen molar-refractivity contribution in [3.63, 3.8) is 0 Å². The first-order valence-corrected chi connectivity index (χ1v) is 5.68. The van der Waals surface area contributed by atoms with Crippen LogP contribution in [0.25, 0.3) is 0 Å². The van der Waals surface area contributed by atoms with Gasteiger partial charge in [-0.05, 0) is 24.9 Å². The lowest BCUT2D eigenvalue weighted by atomic mass is 10.0. The Labute approximate surface area is 95.8 Å². The van der Waals surface area contributed by atoms with E-state index in [1.165, 1.54) is 0 Å². The van der Waals surface area contributed by atoms with Crippen molar-refractivity contribution in [2.24, 2.45) is 0 Å². The Morgan fingerprint density at radius 1 is 1.67 bits per heavy atom. The second kappa shape index (κ2) is 4.03. The number of rotatable bonds is 2. The molecule has 2 heterocycles. The van der Waals surface area contributed by atoms with E-state index in [2.05, 4.69) is 15.5 Å². The van der Waals surface area contributed by atoms with E-state index < -0.39 is 0 Å². The predicted molar refractivity (Wildman–Crippen MR) is 56.2 cm³/mol. The Bertz CT molecular complexity index is 376. The highest BCUT2D eigenvalue weighted by Crippen LogP contribution is 2.20. The summed E-state index contributed by atoms with van der Waals surface area (Å²) in [4.78, 5) is 11.7. The molecule has 0 spiro atoms. The van der Waals surface area contributed by atoms with Crippen LogP contribution < -0.4 is 5.32 Å².